The van der Waals surface area contributed by atoms with Crippen LogP contribution in [0.2, 0.25) is 0 Å². The van der Waals surface area contributed by atoms with Crippen LogP contribution in [0.15, 0.2) is 64.9 Å². The normalized spacial score (nSPS) is 16.2. The number of hydrogen-bond acceptors (Lipinski definition) is 6. The summed E-state index contributed by atoms with van der Waals surface area (Å²) in [6, 6.07) is 14.5. The number of nitrogens with zero attached hydrogens (tertiary/aromatic N) is 5. The lowest BCUT2D eigenvalue weighted by Gasteiger charge is -2.25. The third kappa shape index (κ3) is 3.86. The van der Waals surface area contributed by atoms with Crippen molar-refractivity contribution in [3.63, 3.8) is 0 Å². The average molecular weight is 409 g/mol. The Balaban J connectivity index is 1.63. The van der Waals surface area contributed by atoms with E-state index in [1.54, 1.807) is 23.7 Å². The van der Waals surface area contributed by atoms with Crippen LogP contribution in [0.1, 0.15) is 34.8 Å². The van der Waals surface area contributed by atoms with E-state index in [4.69, 9.17) is 0 Å². The summed E-state index contributed by atoms with van der Waals surface area (Å²) in [6.45, 7) is 0.641. The first-order valence-corrected chi connectivity index (χ1v) is 10.0. The molecule has 0 saturated carbocycles. The monoisotopic (exact) mass is 409 g/mol. The summed E-state index contributed by atoms with van der Waals surface area (Å²) in [5, 5.41) is 19.9. The van der Waals surface area contributed by atoms with E-state index in [9.17, 15) is 14.9 Å². The van der Waals surface area contributed by atoms with Crippen molar-refractivity contribution >= 4 is 23.4 Å². The summed E-state index contributed by atoms with van der Waals surface area (Å²) in [4.78, 5) is 26.6. The van der Waals surface area contributed by atoms with Gasteiger partial charge in [0, 0.05) is 25.2 Å². The van der Waals surface area contributed by atoms with E-state index in [2.05, 4.69) is 10.2 Å². The van der Waals surface area contributed by atoms with Crippen molar-refractivity contribution in [2.24, 2.45) is 7.05 Å². The number of nitro groups is 1. The number of rotatable bonds is 5. The van der Waals surface area contributed by atoms with Gasteiger partial charge in [0.25, 0.3) is 11.6 Å². The van der Waals surface area contributed by atoms with Crippen LogP contribution in [0.25, 0.3) is 0 Å². The molecule has 8 nitrogen and oxygen atoms in total. The van der Waals surface area contributed by atoms with E-state index in [1.165, 1.54) is 12.4 Å². The van der Waals surface area contributed by atoms with E-state index in [0.717, 1.165) is 30.2 Å². The van der Waals surface area contributed by atoms with Gasteiger partial charge in [0.05, 0.1) is 15.9 Å². The maximum absolute atomic E-state index is 13.2. The molecule has 1 aromatic heterocycles. The zero-order chi connectivity index (χ0) is 20.4. The zero-order valence-electron chi connectivity index (χ0n) is 15.8. The van der Waals surface area contributed by atoms with Gasteiger partial charge in [-0.25, -0.2) is 0 Å². The molecule has 3 aromatic rings. The smallest absolute Gasteiger partial charge is 0.284 e. The SMILES string of the molecule is Cn1cnnc1Sc1ccc(C(=O)N2CCCC2c2ccccc2)cc1[N+](=O)[O-]. The Morgan fingerprint density at radius 2 is 2.03 bits per heavy atom. The molecule has 0 N–H and O–H groups in total. The molecule has 1 unspecified atom stereocenters. The molecule has 9 heteroatoms. The van der Waals surface area contributed by atoms with Gasteiger partial charge in [0.1, 0.15) is 6.33 Å². The summed E-state index contributed by atoms with van der Waals surface area (Å²) in [7, 11) is 1.77. The van der Waals surface area contributed by atoms with Gasteiger partial charge in [-0.1, -0.05) is 30.3 Å². The zero-order valence-corrected chi connectivity index (χ0v) is 16.6. The lowest BCUT2D eigenvalue weighted by molar-refractivity contribution is -0.387. The number of carbonyl (C=O) groups is 1. The fourth-order valence-electron chi connectivity index (χ4n) is 3.54. The molecule has 2 heterocycles. The molecule has 1 saturated heterocycles. The number of amides is 1. The standard InChI is InChI=1S/C20H19N5O3S/c1-23-13-21-22-20(23)29-18-10-9-15(12-17(18)25(27)28)19(26)24-11-5-8-16(24)14-6-3-2-4-7-14/h2-4,6-7,9-10,12-13,16H,5,8,11H2,1H3. The van der Waals surface area contributed by atoms with Gasteiger partial charge in [0.2, 0.25) is 0 Å². The van der Waals surface area contributed by atoms with Crippen LogP contribution in [-0.2, 0) is 7.05 Å². The predicted molar refractivity (Wildman–Crippen MR) is 108 cm³/mol. The molecule has 0 spiro atoms. The minimum atomic E-state index is -0.464. The minimum absolute atomic E-state index is 0.00421. The van der Waals surface area contributed by atoms with Crippen LogP contribution in [0.5, 0.6) is 0 Å². The number of benzene rings is 2. The third-order valence-corrected chi connectivity index (χ3v) is 6.09. The Bertz CT molecular complexity index is 1050. The highest BCUT2D eigenvalue weighted by Gasteiger charge is 2.31. The van der Waals surface area contributed by atoms with E-state index < -0.39 is 4.92 Å². The first-order chi connectivity index (χ1) is 14.0. The maximum Gasteiger partial charge on any atom is 0.284 e. The second-order valence-corrected chi connectivity index (χ2v) is 7.84. The van der Waals surface area contributed by atoms with Crippen LogP contribution in [0.3, 0.4) is 0 Å². The fraction of sp³-hybridized carbons (Fsp3) is 0.250. The highest BCUT2D eigenvalue weighted by Crippen LogP contribution is 2.36. The summed E-state index contributed by atoms with van der Waals surface area (Å²) in [6.07, 6.45) is 3.33. The molecule has 4 rings (SSSR count). The largest absolute Gasteiger partial charge is 0.332 e. The van der Waals surface area contributed by atoms with Crippen molar-refractivity contribution in [2.75, 3.05) is 6.54 Å². The second kappa shape index (κ2) is 8.04. The number of likely N-dealkylation sites (tertiary alicyclic amines) is 1. The average Bonchev–Trinajstić information content (AvgIpc) is 3.38. The molecule has 1 fully saturated rings. The molecule has 29 heavy (non-hydrogen) atoms. The Morgan fingerprint density at radius 3 is 2.72 bits per heavy atom. The molecule has 0 aliphatic carbocycles. The molecule has 1 atom stereocenters. The molecule has 2 aromatic carbocycles. The minimum Gasteiger partial charge on any atom is -0.332 e. The molecular weight excluding hydrogens is 390 g/mol. The van der Waals surface area contributed by atoms with Gasteiger partial charge in [0.15, 0.2) is 5.16 Å². The second-order valence-electron chi connectivity index (χ2n) is 6.83. The van der Waals surface area contributed by atoms with E-state index >= 15 is 0 Å². The van der Waals surface area contributed by atoms with Crippen LogP contribution in [0, 0.1) is 10.1 Å². The van der Waals surface area contributed by atoms with Crippen molar-refractivity contribution in [1.29, 1.82) is 0 Å². The molecule has 0 radical (unpaired) electrons. The van der Waals surface area contributed by atoms with E-state index in [0.29, 0.717) is 22.2 Å². The number of nitro benzene ring substituents is 1. The Hall–Kier alpha value is -3.20. The number of aryl methyl sites for hydroxylation is 1. The number of aromatic nitrogens is 3. The first kappa shape index (κ1) is 19.1. The van der Waals surface area contributed by atoms with Gasteiger partial charge in [-0.15, -0.1) is 10.2 Å². The predicted octanol–water partition coefficient (Wildman–Crippen LogP) is 3.85. The van der Waals surface area contributed by atoms with E-state index in [1.807, 2.05) is 35.2 Å². The lowest BCUT2D eigenvalue weighted by atomic mass is 10.0. The quantitative estimate of drug-likeness (QED) is 0.469. The van der Waals surface area contributed by atoms with Gasteiger partial charge < -0.3 is 9.47 Å². The van der Waals surface area contributed by atoms with Crippen LogP contribution < -0.4 is 0 Å². The summed E-state index contributed by atoms with van der Waals surface area (Å²) in [5.74, 6) is -0.185. The molecule has 1 amide bonds. The first-order valence-electron chi connectivity index (χ1n) is 9.21. The molecular formula is C20H19N5O3S. The summed E-state index contributed by atoms with van der Waals surface area (Å²) < 4.78 is 1.68. The van der Waals surface area contributed by atoms with Crippen molar-refractivity contribution in [3.8, 4) is 0 Å². The van der Waals surface area contributed by atoms with Crippen molar-refractivity contribution in [3.05, 3.63) is 76.1 Å². The molecule has 148 valence electrons. The maximum atomic E-state index is 13.2. The van der Waals surface area contributed by atoms with Crippen LogP contribution >= 0.6 is 11.8 Å². The fourth-order valence-corrected chi connectivity index (χ4v) is 4.39. The van der Waals surface area contributed by atoms with Crippen molar-refractivity contribution in [2.45, 2.75) is 28.9 Å². The van der Waals surface area contributed by atoms with Gasteiger partial charge in [-0.05, 0) is 42.3 Å². The number of hydrogen-bond donors (Lipinski definition) is 0. The lowest BCUT2D eigenvalue weighted by Crippen LogP contribution is -2.30. The van der Waals surface area contributed by atoms with Gasteiger partial charge in [-0.2, -0.15) is 0 Å². The van der Waals surface area contributed by atoms with Crippen molar-refractivity contribution in [1.82, 2.24) is 19.7 Å². The Labute approximate surface area is 171 Å². The van der Waals surface area contributed by atoms with Crippen molar-refractivity contribution < 1.29 is 9.72 Å². The van der Waals surface area contributed by atoms with E-state index in [-0.39, 0.29) is 17.6 Å². The Morgan fingerprint density at radius 1 is 1.24 bits per heavy atom. The molecule has 1 aliphatic rings. The highest BCUT2D eigenvalue weighted by atomic mass is 32.2. The van der Waals surface area contributed by atoms with Gasteiger partial charge >= 0.3 is 0 Å². The Kier molecular flexibility index (Phi) is 5.30. The summed E-state index contributed by atoms with van der Waals surface area (Å²) in [5.41, 5.74) is 1.29. The summed E-state index contributed by atoms with van der Waals surface area (Å²) >= 11 is 1.15. The van der Waals surface area contributed by atoms with Crippen LogP contribution in [0.4, 0.5) is 5.69 Å². The van der Waals surface area contributed by atoms with Gasteiger partial charge in [-0.3, -0.25) is 14.9 Å². The topological polar surface area (TPSA) is 94.2 Å². The third-order valence-electron chi connectivity index (χ3n) is 4.97. The highest BCUT2D eigenvalue weighted by molar-refractivity contribution is 7.99. The number of carbonyl (C=O) groups excluding carboxylic acids is 1. The molecule has 1 aliphatic heterocycles. The molecule has 0 bridgehead atoms. The van der Waals surface area contributed by atoms with Crippen LogP contribution in [-0.4, -0.2) is 37.0 Å².